The first-order chi connectivity index (χ1) is 9.88. The Labute approximate surface area is 123 Å². The number of amides is 1. The van der Waals surface area contributed by atoms with Gasteiger partial charge in [0.25, 0.3) is 5.91 Å². The van der Waals surface area contributed by atoms with Gasteiger partial charge < -0.3 is 4.42 Å². The van der Waals surface area contributed by atoms with Crippen LogP contribution in [0.2, 0.25) is 0 Å². The van der Waals surface area contributed by atoms with Crippen LogP contribution in [0.4, 0.5) is 0 Å². The molecule has 3 rings (SSSR count). The number of furan rings is 1. The maximum Gasteiger partial charge on any atom is 0.283 e. The predicted octanol–water partition coefficient (Wildman–Crippen LogP) is 0.901. The van der Waals surface area contributed by atoms with Crippen molar-refractivity contribution in [2.75, 3.05) is 6.26 Å². The fourth-order valence-electron chi connectivity index (χ4n) is 1.75. The van der Waals surface area contributed by atoms with Crippen LogP contribution < -0.4 is 0 Å². The highest BCUT2D eigenvalue weighted by molar-refractivity contribution is 8.16. The quantitative estimate of drug-likeness (QED) is 0.606. The number of amidine groups is 3. The smallest absolute Gasteiger partial charge is 0.283 e. The molecular weight excluding hydrogens is 316 g/mol. The van der Waals surface area contributed by atoms with E-state index < -0.39 is 15.7 Å². The van der Waals surface area contributed by atoms with Crippen LogP contribution in [0, 0.1) is 5.41 Å². The van der Waals surface area contributed by atoms with E-state index in [-0.39, 0.29) is 21.7 Å². The second-order valence-electron chi connectivity index (χ2n) is 4.19. The summed E-state index contributed by atoms with van der Waals surface area (Å²) in [6, 6.07) is 3.24. The van der Waals surface area contributed by atoms with Crippen molar-refractivity contribution in [1.29, 1.82) is 5.41 Å². The number of carbonyl (C=O) groups is 1. The van der Waals surface area contributed by atoms with E-state index in [4.69, 9.17) is 9.83 Å². The van der Waals surface area contributed by atoms with Crippen LogP contribution in [-0.2, 0) is 14.6 Å². The SMILES string of the molecule is CS(=O)(=O)C1=NSC2=NC(=O)/C(=C\c3ccco3)C(=N)N21. The van der Waals surface area contributed by atoms with E-state index in [9.17, 15) is 13.2 Å². The van der Waals surface area contributed by atoms with E-state index in [1.165, 1.54) is 12.3 Å². The maximum absolute atomic E-state index is 12.0. The molecule has 0 spiro atoms. The Balaban J connectivity index is 2.08. The summed E-state index contributed by atoms with van der Waals surface area (Å²) in [7, 11) is -3.64. The predicted molar refractivity (Wildman–Crippen MR) is 78.6 cm³/mol. The molecule has 0 saturated carbocycles. The monoisotopic (exact) mass is 324 g/mol. The molecule has 0 atom stereocenters. The van der Waals surface area contributed by atoms with E-state index in [1.54, 1.807) is 12.1 Å². The minimum Gasteiger partial charge on any atom is -0.465 e. The Morgan fingerprint density at radius 3 is 2.86 bits per heavy atom. The molecule has 0 bridgehead atoms. The Hall–Kier alpha value is -2.20. The van der Waals surface area contributed by atoms with Gasteiger partial charge in [0.05, 0.1) is 23.8 Å². The zero-order chi connectivity index (χ0) is 15.2. The van der Waals surface area contributed by atoms with Crippen LogP contribution in [0.3, 0.4) is 0 Å². The van der Waals surface area contributed by atoms with Gasteiger partial charge in [-0.25, -0.2) is 13.3 Å². The Bertz CT molecular complexity index is 834. The Kier molecular flexibility index (Phi) is 3.06. The largest absolute Gasteiger partial charge is 0.465 e. The lowest BCUT2D eigenvalue weighted by Crippen LogP contribution is -2.45. The summed E-state index contributed by atoms with van der Waals surface area (Å²) < 4.78 is 32.2. The van der Waals surface area contributed by atoms with Gasteiger partial charge in [-0.2, -0.15) is 9.39 Å². The third-order valence-corrected chi connectivity index (χ3v) is 4.41. The molecule has 1 aromatic heterocycles. The van der Waals surface area contributed by atoms with Crippen LogP contribution in [-0.4, -0.2) is 41.7 Å². The van der Waals surface area contributed by atoms with Crippen molar-refractivity contribution in [1.82, 2.24) is 4.90 Å². The van der Waals surface area contributed by atoms with Crippen LogP contribution in [0.25, 0.3) is 6.08 Å². The van der Waals surface area contributed by atoms with Gasteiger partial charge in [0, 0.05) is 6.26 Å². The first kappa shape index (κ1) is 13.8. The fraction of sp³-hybridized carbons (Fsp3) is 0.0909. The maximum atomic E-state index is 12.0. The van der Waals surface area contributed by atoms with Gasteiger partial charge >= 0.3 is 0 Å². The van der Waals surface area contributed by atoms with Crippen molar-refractivity contribution in [2.24, 2.45) is 9.39 Å². The minimum atomic E-state index is -3.64. The molecule has 8 nitrogen and oxygen atoms in total. The van der Waals surface area contributed by atoms with E-state index in [1.807, 2.05) is 0 Å². The lowest BCUT2D eigenvalue weighted by atomic mass is 10.1. The molecule has 2 aliphatic heterocycles. The molecule has 1 aromatic rings. The number of nitrogens with one attached hydrogen (secondary N) is 1. The van der Waals surface area contributed by atoms with E-state index >= 15 is 0 Å². The average molecular weight is 324 g/mol. The second-order valence-corrected chi connectivity index (χ2v) is 6.83. The average Bonchev–Trinajstić information content (AvgIpc) is 3.01. The summed E-state index contributed by atoms with van der Waals surface area (Å²) in [4.78, 5) is 16.7. The summed E-state index contributed by atoms with van der Waals surface area (Å²) >= 11 is 0.751. The number of fused-ring (bicyclic) bond motifs is 1. The Morgan fingerprint density at radius 1 is 1.48 bits per heavy atom. The molecule has 3 heterocycles. The van der Waals surface area contributed by atoms with Crippen LogP contribution in [0.5, 0.6) is 0 Å². The van der Waals surface area contributed by atoms with Crippen molar-refractivity contribution in [2.45, 2.75) is 0 Å². The van der Waals surface area contributed by atoms with Crippen LogP contribution >= 0.6 is 11.9 Å². The molecule has 0 aliphatic carbocycles. The molecule has 108 valence electrons. The third-order valence-electron chi connectivity index (χ3n) is 2.66. The van der Waals surface area contributed by atoms with Gasteiger partial charge in [-0.1, -0.05) is 0 Å². The highest BCUT2D eigenvalue weighted by atomic mass is 32.2. The molecular formula is C11H8N4O4S2. The zero-order valence-electron chi connectivity index (χ0n) is 10.6. The highest BCUT2D eigenvalue weighted by Gasteiger charge is 2.41. The second kappa shape index (κ2) is 4.67. The number of hydrogen-bond acceptors (Lipinski definition) is 7. The van der Waals surface area contributed by atoms with Crippen molar-refractivity contribution < 1.29 is 17.6 Å². The molecule has 0 saturated heterocycles. The lowest BCUT2D eigenvalue weighted by molar-refractivity contribution is -0.114. The molecule has 0 unspecified atom stereocenters. The summed E-state index contributed by atoms with van der Waals surface area (Å²) in [5.74, 6) is -0.567. The summed E-state index contributed by atoms with van der Waals surface area (Å²) in [5, 5.41) is 7.82. The molecule has 0 aromatic carbocycles. The minimum absolute atomic E-state index is 0.0574. The number of nitrogens with zero attached hydrogens (tertiary/aromatic N) is 3. The van der Waals surface area contributed by atoms with Gasteiger partial charge in [-0.3, -0.25) is 10.2 Å². The molecule has 0 fully saturated rings. The van der Waals surface area contributed by atoms with Crippen LogP contribution in [0.1, 0.15) is 5.76 Å². The molecule has 10 heteroatoms. The number of hydrogen-bond donors (Lipinski definition) is 1. The summed E-state index contributed by atoms with van der Waals surface area (Å²) in [6.45, 7) is 0. The Morgan fingerprint density at radius 2 is 2.24 bits per heavy atom. The van der Waals surface area contributed by atoms with Gasteiger partial charge in [-0.15, -0.1) is 0 Å². The number of rotatable bonds is 1. The fourth-order valence-corrected chi connectivity index (χ4v) is 3.60. The lowest BCUT2D eigenvalue weighted by Gasteiger charge is -2.23. The molecule has 1 N–H and O–H groups in total. The van der Waals surface area contributed by atoms with E-state index in [0.717, 1.165) is 23.1 Å². The third kappa shape index (κ3) is 2.32. The van der Waals surface area contributed by atoms with Crippen molar-refractivity contribution >= 4 is 49.9 Å². The van der Waals surface area contributed by atoms with Crippen molar-refractivity contribution in [3.63, 3.8) is 0 Å². The van der Waals surface area contributed by atoms with E-state index in [0.29, 0.717) is 5.76 Å². The van der Waals surface area contributed by atoms with Crippen molar-refractivity contribution in [3.05, 3.63) is 29.7 Å². The normalized spacial score (nSPS) is 20.6. The van der Waals surface area contributed by atoms with E-state index in [2.05, 4.69) is 9.39 Å². The summed E-state index contributed by atoms with van der Waals surface area (Å²) in [5.41, 5.74) is -0.0625. The molecule has 0 radical (unpaired) electrons. The van der Waals surface area contributed by atoms with Gasteiger partial charge in [0.15, 0.2) is 0 Å². The standard InChI is InChI=1S/C11H8N4O4S2/c1-21(17,18)11-14-20-10-13-9(16)7(8(12)15(10)11)5-6-3-2-4-19-6/h2-5,12H,1H3/b7-5-,12-8?. The first-order valence-corrected chi connectivity index (χ1v) is 8.27. The first-order valence-electron chi connectivity index (χ1n) is 5.60. The number of carbonyl (C=O) groups excluding carboxylic acids is 1. The topological polar surface area (TPSA) is 116 Å². The molecule has 1 amide bonds. The highest BCUT2D eigenvalue weighted by Crippen LogP contribution is 2.29. The van der Waals surface area contributed by atoms with Gasteiger partial charge in [-0.05, 0) is 18.2 Å². The van der Waals surface area contributed by atoms with Crippen molar-refractivity contribution in [3.8, 4) is 0 Å². The van der Waals surface area contributed by atoms with Gasteiger partial charge in [0.1, 0.15) is 11.6 Å². The molecule has 2 aliphatic rings. The molecule has 21 heavy (non-hydrogen) atoms. The summed E-state index contributed by atoms with van der Waals surface area (Å²) in [6.07, 6.45) is 3.75. The zero-order valence-corrected chi connectivity index (χ0v) is 12.2. The number of sulfone groups is 1. The van der Waals surface area contributed by atoms with Crippen LogP contribution in [0.15, 0.2) is 37.8 Å². The van der Waals surface area contributed by atoms with Gasteiger partial charge in [0.2, 0.25) is 20.2 Å². The number of aliphatic imine (C=N–C) groups is 1.